The van der Waals surface area contributed by atoms with Gasteiger partial charge in [-0.2, -0.15) is 0 Å². The normalized spacial score (nSPS) is 13.6. The van der Waals surface area contributed by atoms with E-state index in [4.69, 9.17) is 0 Å². The summed E-state index contributed by atoms with van der Waals surface area (Å²) in [7, 11) is 0. The molecule has 0 radical (unpaired) electrons. The number of nitrogens with zero attached hydrogens (tertiary/aromatic N) is 2. The lowest BCUT2D eigenvalue weighted by atomic mass is 9.95. The summed E-state index contributed by atoms with van der Waals surface area (Å²) in [5.41, 5.74) is 8.91. The Kier molecular flexibility index (Phi) is 6.55. The van der Waals surface area contributed by atoms with E-state index >= 15 is 0 Å². The molecule has 1 atom stereocenters. The van der Waals surface area contributed by atoms with Gasteiger partial charge in [0.2, 0.25) is 0 Å². The highest BCUT2D eigenvalue weighted by atomic mass is 15.3. The van der Waals surface area contributed by atoms with Crippen LogP contribution in [-0.4, -0.2) is 16.5 Å². The minimum absolute atomic E-state index is 0.160. The SMILES string of the molecule is C1=CN(C(c2ccccc2)c2ccc(-c3ccccc3)cc2)CN1Cc1ccc(-c2ccccc2)cc1. The third-order valence-electron chi connectivity index (χ3n) is 7.04. The van der Waals surface area contributed by atoms with Gasteiger partial charge in [0, 0.05) is 18.9 Å². The quantitative estimate of drug-likeness (QED) is 0.232. The Morgan fingerprint density at radius 1 is 0.459 bits per heavy atom. The summed E-state index contributed by atoms with van der Waals surface area (Å²) < 4.78 is 0. The van der Waals surface area contributed by atoms with Gasteiger partial charge < -0.3 is 9.80 Å². The first-order chi connectivity index (χ1) is 18.3. The van der Waals surface area contributed by atoms with Crippen molar-refractivity contribution in [3.05, 3.63) is 169 Å². The standard InChI is InChI=1S/C35H30N2/c1-4-10-29(11-5-1)31-18-16-28(17-19-31)26-36-24-25-37(27-36)35(33-14-8-3-9-15-33)34-22-20-32(21-23-34)30-12-6-2-7-13-30/h1-25,35H,26-27H2. The first-order valence-corrected chi connectivity index (χ1v) is 12.9. The van der Waals surface area contributed by atoms with E-state index in [0.29, 0.717) is 0 Å². The van der Waals surface area contributed by atoms with Gasteiger partial charge in [-0.05, 0) is 38.9 Å². The molecule has 1 heterocycles. The van der Waals surface area contributed by atoms with Gasteiger partial charge in [-0.15, -0.1) is 0 Å². The molecule has 0 amide bonds. The lowest BCUT2D eigenvalue weighted by molar-refractivity contribution is 0.229. The van der Waals surface area contributed by atoms with Crippen LogP contribution in [0.2, 0.25) is 0 Å². The van der Waals surface area contributed by atoms with E-state index in [1.54, 1.807) is 0 Å². The molecule has 0 fully saturated rings. The maximum Gasteiger partial charge on any atom is 0.0906 e. The fraction of sp³-hybridized carbons (Fsp3) is 0.0857. The molecule has 2 heteroatoms. The van der Waals surface area contributed by atoms with E-state index in [1.165, 1.54) is 38.9 Å². The molecule has 0 N–H and O–H groups in total. The van der Waals surface area contributed by atoms with Gasteiger partial charge in [0.1, 0.15) is 0 Å². The summed E-state index contributed by atoms with van der Waals surface area (Å²) in [5.74, 6) is 0. The maximum atomic E-state index is 2.44. The summed E-state index contributed by atoms with van der Waals surface area (Å²) in [6, 6.07) is 50.1. The van der Waals surface area contributed by atoms with Crippen molar-refractivity contribution in [3.63, 3.8) is 0 Å². The predicted octanol–water partition coefficient (Wildman–Crippen LogP) is 8.36. The number of rotatable bonds is 7. The highest BCUT2D eigenvalue weighted by Crippen LogP contribution is 2.33. The molecule has 5 aromatic rings. The van der Waals surface area contributed by atoms with E-state index in [9.17, 15) is 0 Å². The van der Waals surface area contributed by atoms with Crippen molar-refractivity contribution >= 4 is 0 Å². The topological polar surface area (TPSA) is 6.48 Å². The Labute approximate surface area is 219 Å². The highest BCUT2D eigenvalue weighted by molar-refractivity contribution is 5.64. The Hall–Kier alpha value is -4.56. The third kappa shape index (κ3) is 5.19. The van der Waals surface area contributed by atoms with Gasteiger partial charge in [-0.3, -0.25) is 0 Å². The average Bonchev–Trinajstić information content (AvgIpc) is 3.43. The van der Waals surface area contributed by atoms with Crippen LogP contribution in [0, 0.1) is 0 Å². The minimum Gasteiger partial charge on any atom is -0.354 e. The second-order valence-corrected chi connectivity index (χ2v) is 9.56. The smallest absolute Gasteiger partial charge is 0.0906 e. The predicted molar refractivity (Wildman–Crippen MR) is 153 cm³/mol. The second kappa shape index (κ2) is 10.6. The zero-order valence-corrected chi connectivity index (χ0v) is 20.8. The van der Waals surface area contributed by atoms with Crippen molar-refractivity contribution in [3.8, 4) is 22.3 Å². The lowest BCUT2D eigenvalue weighted by Gasteiger charge is -2.31. The van der Waals surface area contributed by atoms with E-state index in [1.807, 2.05) is 0 Å². The summed E-state index contributed by atoms with van der Waals surface area (Å²) >= 11 is 0. The Balaban J connectivity index is 1.19. The molecule has 0 saturated carbocycles. The molecule has 1 aliphatic rings. The van der Waals surface area contributed by atoms with Crippen LogP contribution in [0.5, 0.6) is 0 Å². The van der Waals surface area contributed by atoms with E-state index in [0.717, 1.165) is 13.2 Å². The summed E-state index contributed by atoms with van der Waals surface area (Å²) in [6.07, 6.45) is 4.46. The van der Waals surface area contributed by atoms with Gasteiger partial charge in [0.15, 0.2) is 0 Å². The van der Waals surface area contributed by atoms with Crippen LogP contribution < -0.4 is 0 Å². The third-order valence-corrected chi connectivity index (χ3v) is 7.04. The molecule has 180 valence electrons. The fourth-order valence-corrected chi connectivity index (χ4v) is 5.12. The molecule has 5 aromatic carbocycles. The molecule has 0 saturated heterocycles. The maximum absolute atomic E-state index is 2.44. The van der Waals surface area contributed by atoms with Crippen molar-refractivity contribution in [1.82, 2.24) is 9.80 Å². The zero-order valence-electron chi connectivity index (χ0n) is 20.8. The van der Waals surface area contributed by atoms with E-state index in [2.05, 4.69) is 162 Å². The van der Waals surface area contributed by atoms with Crippen LogP contribution in [0.25, 0.3) is 22.3 Å². The summed E-state index contributed by atoms with van der Waals surface area (Å²) in [4.78, 5) is 4.82. The molecule has 2 nitrogen and oxygen atoms in total. The molecular weight excluding hydrogens is 448 g/mol. The lowest BCUT2D eigenvalue weighted by Crippen LogP contribution is -2.29. The van der Waals surface area contributed by atoms with Crippen molar-refractivity contribution in [2.45, 2.75) is 12.6 Å². The molecule has 0 spiro atoms. The van der Waals surface area contributed by atoms with Crippen LogP contribution in [0.3, 0.4) is 0 Å². The van der Waals surface area contributed by atoms with Crippen molar-refractivity contribution in [2.24, 2.45) is 0 Å². The van der Waals surface area contributed by atoms with E-state index < -0.39 is 0 Å². The summed E-state index contributed by atoms with van der Waals surface area (Å²) in [5, 5.41) is 0. The molecule has 0 bridgehead atoms. The van der Waals surface area contributed by atoms with Crippen LogP contribution in [0.4, 0.5) is 0 Å². The average molecular weight is 479 g/mol. The van der Waals surface area contributed by atoms with Crippen LogP contribution in [0.15, 0.2) is 152 Å². The molecule has 1 unspecified atom stereocenters. The Morgan fingerprint density at radius 3 is 1.49 bits per heavy atom. The van der Waals surface area contributed by atoms with Crippen molar-refractivity contribution < 1.29 is 0 Å². The molecule has 37 heavy (non-hydrogen) atoms. The first kappa shape index (κ1) is 22.9. The molecule has 0 aromatic heterocycles. The largest absolute Gasteiger partial charge is 0.354 e. The monoisotopic (exact) mass is 478 g/mol. The molecule has 0 aliphatic carbocycles. The Morgan fingerprint density at radius 2 is 0.919 bits per heavy atom. The number of hydrogen-bond acceptors (Lipinski definition) is 2. The van der Waals surface area contributed by atoms with E-state index in [-0.39, 0.29) is 6.04 Å². The molecule has 1 aliphatic heterocycles. The highest BCUT2D eigenvalue weighted by Gasteiger charge is 2.24. The molecular formula is C35H30N2. The van der Waals surface area contributed by atoms with Gasteiger partial charge in [-0.25, -0.2) is 0 Å². The Bertz CT molecular complexity index is 1440. The number of hydrogen-bond donors (Lipinski definition) is 0. The van der Waals surface area contributed by atoms with Crippen molar-refractivity contribution in [2.75, 3.05) is 6.67 Å². The second-order valence-electron chi connectivity index (χ2n) is 9.56. The van der Waals surface area contributed by atoms with Gasteiger partial charge in [-0.1, -0.05) is 140 Å². The van der Waals surface area contributed by atoms with Crippen LogP contribution in [0.1, 0.15) is 22.7 Å². The van der Waals surface area contributed by atoms with Crippen molar-refractivity contribution in [1.29, 1.82) is 0 Å². The fourth-order valence-electron chi connectivity index (χ4n) is 5.12. The first-order valence-electron chi connectivity index (χ1n) is 12.9. The van der Waals surface area contributed by atoms with Gasteiger partial charge in [0.05, 0.1) is 12.7 Å². The van der Waals surface area contributed by atoms with Crippen LogP contribution in [-0.2, 0) is 6.54 Å². The van der Waals surface area contributed by atoms with Gasteiger partial charge in [0.25, 0.3) is 0 Å². The van der Waals surface area contributed by atoms with Crippen LogP contribution >= 0.6 is 0 Å². The molecule has 6 rings (SSSR count). The minimum atomic E-state index is 0.160. The summed E-state index contributed by atoms with van der Waals surface area (Å²) in [6.45, 7) is 1.73. The number of benzene rings is 5. The zero-order chi connectivity index (χ0) is 24.9. The van der Waals surface area contributed by atoms with Gasteiger partial charge >= 0.3 is 0 Å².